The van der Waals surface area contributed by atoms with Gasteiger partial charge in [-0.05, 0) is 41.7 Å². The first-order chi connectivity index (χ1) is 12.1. The Morgan fingerprint density at radius 1 is 1.24 bits per heavy atom. The van der Waals surface area contributed by atoms with Crippen LogP contribution in [-0.4, -0.2) is 32.6 Å². The van der Waals surface area contributed by atoms with Crippen molar-refractivity contribution in [2.24, 2.45) is 0 Å². The number of hydrogen-bond donors (Lipinski definition) is 1. The van der Waals surface area contributed by atoms with Crippen LogP contribution in [0.25, 0.3) is 0 Å². The van der Waals surface area contributed by atoms with Gasteiger partial charge in [0.1, 0.15) is 10.8 Å². The van der Waals surface area contributed by atoms with Crippen LogP contribution in [0.4, 0.5) is 10.2 Å². The SMILES string of the molecule is CSc1nsc(SC)c1C(=O)Nc1ccn(Cc2ccc(F)cc2)n1. The molecule has 0 aliphatic heterocycles. The number of thioether (sulfide) groups is 2. The summed E-state index contributed by atoms with van der Waals surface area (Å²) < 4.78 is 19.8. The quantitative estimate of drug-likeness (QED) is 0.634. The fraction of sp³-hybridized carbons (Fsp3) is 0.188. The maximum atomic E-state index is 13.0. The van der Waals surface area contributed by atoms with Crippen molar-refractivity contribution in [1.29, 1.82) is 0 Å². The Hall–Kier alpha value is -1.84. The minimum absolute atomic E-state index is 0.213. The van der Waals surface area contributed by atoms with Crippen LogP contribution in [0.1, 0.15) is 15.9 Å². The van der Waals surface area contributed by atoms with E-state index < -0.39 is 0 Å². The number of aromatic nitrogens is 3. The standard InChI is InChI=1S/C16H15FN4OS3/c1-23-15-13(16(24-2)25-20-15)14(22)18-12-7-8-21(19-12)9-10-3-5-11(17)6-4-10/h3-8H,9H2,1-2H3,(H,18,19,22). The number of benzene rings is 1. The molecule has 1 aromatic carbocycles. The van der Waals surface area contributed by atoms with Gasteiger partial charge in [0.2, 0.25) is 0 Å². The summed E-state index contributed by atoms with van der Waals surface area (Å²) in [5, 5.41) is 7.89. The van der Waals surface area contributed by atoms with Gasteiger partial charge in [0.15, 0.2) is 5.82 Å². The molecule has 0 aliphatic rings. The van der Waals surface area contributed by atoms with Crippen LogP contribution in [0.3, 0.4) is 0 Å². The lowest BCUT2D eigenvalue weighted by Crippen LogP contribution is -2.14. The first kappa shape index (κ1) is 18.0. The molecule has 1 N–H and O–H groups in total. The highest BCUT2D eigenvalue weighted by atomic mass is 32.2. The number of amides is 1. The third-order valence-electron chi connectivity index (χ3n) is 3.38. The van der Waals surface area contributed by atoms with Gasteiger partial charge in [0.05, 0.1) is 16.3 Å². The second kappa shape index (κ2) is 8.03. The van der Waals surface area contributed by atoms with Gasteiger partial charge >= 0.3 is 0 Å². The number of carbonyl (C=O) groups excluding carboxylic acids is 1. The smallest absolute Gasteiger partial charge is 0.261 e. The first-order valence-electron chi connectivity index (χ1n) is 7.27. The second-order valence-electron chi connectivity index (χ2n) is 5.04. The lowest BCUT2D eigenvalue weighted by atomic mass is 10.2. The molecular weight excluding hydrogens is 379 g/mol. The molecule has 0 atom stereocenters. The minimum Gasteiger partial charge on any atom is -0.305 e. The van der Waals surface area contributed by atoms with Crippen LogP contribution >= 0.6 is 35.1 Å². The number of hydrogen-bond acceptors (Lipinski definition) is 6. The van der Waals surface area contributed by atoms with Crippen LogP contribution in [0.15, 0.2) is 45.8 Å². The maximum absolute atomic E-state index is 13.0. The number of anilines is 1. The van der Waals surface area contributed by atoms with E-state index >= 15 is 0 Å². The summed E-state index contributed by atoms with van der Waals surface area (Å²) in [7, 11) is 0. The summed E-state index contributed by atoms with van der Waals surface area (Å²) in [5.74, 6) is -0.0114. The van der Waals surface area contributed by atoms with E-state index in [1.165, 1.54) is 47.2 Å². The van der Waals surface area contributed by atoms with E-state index in [0.717, 1.165) is 14.8 Å². The van der Waals surface area contributed by atoms with Gasteiger partial charge in [0.25, 0.3) is 5.91 Å². The fourth-order valence-electron chi connectivity index (χ4n) is 2.20. The molecule has 0 saturated carbocycles. The fourth-order valence-corrected chi connectivity index (χ4v) is 4.48. The van der Waals surface area contributed by atoms with Crippen molar-refractivity contribution in [1.82, 2.24) is 14.2 Å². The van der Waals surface area contributed by atoms with E-state index in [-0.39, 0.29) is 11.7 Å². The molecule has 5 nitrogen and oxygen atoms in total. The van der Waals surface area contributed by atoms with Crippen molar-refractivity contribution in [2.75, 3.05) is 17.8 Å². The average molecular weight is 395 g/mol. The van der Waals surface area contributed by atoms with Crippen molar-refractivity contribution in [3.05, 3.63) is 53.5 Å². The number of nitrogens with zero attached hydrogens (tertiary/aromatic N) is 3. The Labute approximate surface area is 157 Å². The highest BCUT2D eigenvalue weighted by Crippen LogP contribution is 2.33. The maximum Gasteiger partial charge on any atom is 0.261 e. The molecule has 0 bridgehead atoms. The molecule has 25 heavy (non-hydrogen) atoms. The predicted octanol–water partition coefficient (Wildman–Crippen LogP) is 4.22. The molecule has 0 unspecified atom stereocenters. The Morgan fingerprint density at radius 2 is 2.00 bits per heavy atom. The Kier molecular flexibility index (Phi) is 5.77. The molecule has 0 spiro atoms. The predicted molar refractivity (Wildman–Crippen MR) is 101 cm³/mol. The number of nitrogens with one attached hydrogen (secondary N) is 1. The minimum atomic E-state index is -0.268. The summed E-state index contributed by atoms with van der Waals surface area (Å²) in [6.07, 6.45) is 5.59. The summed E-state index contributed by atoms with van der Waals surface area (Å²) in [5.41, 5.74) is 1.52. The average Bonchev–Trinajstić information content (AvgIpc) is 3.23. The molecule has 9 heteroatoms. The topological polar surface area (TPSA) is 59.8 Å². The molecule has 2 heterocycles. The van der Waals surface area contributed by atoms with Gasteiger partial charge in [-0.2, -0.15) is 9.47 Å². The van der Waals surface area contributed by atoms with E-state index in [1.54, 1.807) is 29.1 Å². The van der Waals surface area contributed by atoms with Gasteiger partial charge in [-0.3, -0.25) is 9.48 Å². The van der Waals surface area contributed by atoms with E-state index in [4.69, 9.17) is 0 Å². The molecule has 3 aromatic rings. The summed E-state index contributed by atoms with van der Waals surface area (Å²) >= 11 is 4.27. The Morgan fingerprint density at radius 3 is 2.68 bits per heavy atom. The largest absolute Gasteiger partial charge is 0.305 e. The lowest BCUT2D eigenvalue weighted by molar-refractivity contribution is 0.102. The van der Waals surface area contributed by atoms with Crippen LogP contribution < -0.4 is 5.32 Å². The third kappa shape index (κ3) is 4.23. The molecule has 130 valence electrons. The summed E-state index contributed by atoms with van der Waals surface area (Å²) in [6, 6.07) is 7.99. The van der Waals surface area contributed by atoms with Gasteiger partial charge in [-0.1, -0.05) is 12.1 Å². The van der Waals surface area contributed by atoms with E-state index in [1.807, 2.05) is 12.5 Å². The first-order valence-corrected chi connectivity index (χ1v) is 10.5. The summed E-state index contributed by atoms with van der Waals surface area (Å²) in [4.78, 5) is 12.6. The van der Waals surface area contributed by atoms with Gasteiger partial charge < -0.3 is 5.32 Å². The van der Waals surface area contributed by atoms with Crippen molar-refractivity contribution in [3.63, 3.8) is 0 Å². The van der Waals surface area contributed by atoms with Crippen LogP contribution in [0, 0.1) is 5.82 Å². The third-order valence-corrected chi connectivity index (χ3v) is 6.12. The van der Waals surface area contributed by atoms with Gasteiger partial charge in [0, 0.05) is 12.3 Å². The molecule has 0 radical (unpaired) electrons. The molecule has 0 fully saturated rings. The zero-order chi connectivity index (χ0) is 17.8. The highest BCUT2D eigenvalue weighted by Gasteiger charge is 2.20. The van der Waals surface area contributed by atoms with E-state index in [9.17, 15) is 9.18 Å². The van der Waals surface area contributed by atoms with Crippen LogP contribution in [0.2, 0.25) is 0 Å². The Balaban J connectivity index is 1.72. The van der Waals surface area contributed by atoms with Crippen molar-refractivity contribution < 1.29 is 9.18 Å². The van der Waals surface area contributed by atoms with Crippen LogP contribution in [0.5, 0.6) is 0 Å². The molecular formula is C16H15FN4OS3. The zero-order valence-corrected chi connectivity index (χ0v) is 16.0. The number of rotatable bonds is 6. The summed E-state index contributed by atoms with van der Waals surface area (Å²) in [6.45, 7) is 0.502. The monoisotopic (exact) mass is 394 g/mol. The van der Waals surface area contributed by atoms with E-state index in [0.29, 0.717) is 17.9 Å². The molecule has 1 amide bonds. The van der Waals surface area contributed by atoms with Crippen molar-refractivity contribution >= 4 is 46.8 Å². The van der Waals surface area contributed by atoms with Crippen molar-refractivity contribution in [2.45, 2.75) is 15.8 Å². The van der Waals surface area contributed by atoms with Gasteiger partial charge in [-0.15, -0.1) is 23.5 Å². The molecule has 0 aliphatic carbocycles. The Bertz CT molecular complexity index is 854. The van der Waals surface area contributed by atoms with Crippen molar-refractivity contribution in [3.8, 4) is 0 Å². The second-order valence-corrected chi connectivity index (χ2v) is 7.68. The lowest BCUT2D eigenvalue weighted by Gasteiger charge is -2.04. The van der Waals surface area contributed by atoms with Crippen LogP contribution in [-0.2, 0) is 6.54 Å². The number of carbonyl (C=O) groups is 1. The van der Waals surface area contributed by atoms with Gasteiger partial charge in [-0.25, -0.2) is 4.39 Å². The molecule has 2 aromatic heterocycles. The molecule has 0 saturated heterocycles. The van der Waals surface area contributed by atoms with E-state index in [2.05, 4.69) is 14.8 Å². The number of halogens is 1. The normalized spacial score (nSPS) is 10.8. The zero-order valence-electron chi connectivity index (χ0n) is 13.5. The molecule has 3 rings (SSSR count). The highest BCUT2D eigenvalue weighted by molar-refractivity contribution is 8.01.